The van der Waals surface area contributed by atoms with Crippen LogP contribution in [-0.4, -0.2) is 55.8 Å². The maximum absolute atomic E-state index is 13.1. The molecular formula is C19H28N2O6Si. The molecule has 154 valence electrons. The molecular weight excluding hydrogens is 380 g/mol. The molecule has 1 aromatic carbocycles. The lowest BCUT2D eigenvalue weighted by atomic mass is 10.1. The molecule has 1 fully saturated rings. The Morgan fingerprint density at radius 3 is 2.39 bits per heavy atom. The average Bonchev–Trinajstić information content (AvgIpc) is 3.02. The average molecular weight is 409 g/mol. The van der Waals surface area contributed by atoms with E-state index in [-0.39, 0.29) is 28.9 Å². The molecule has 1 aliphatic heterocycles. The van der Waals surface area contributed by atoms with Gasteiger partial charge in [0.2, 0.25) is 0 Å². The zero-order chi connectivity index (χ0) is 21.3. The van der Waals surface area contributed by atoms with Crippen molar-refractivity contribution in [3.05, 3.63) is 39.9 Å². The van der Waals surface area contributed by atoms with Gasteiger partial charge in [-0.25, -0.2) is 4.79 Å². The third kappa shape index (κ3) is 4.41. The summed E-state index contributed by atoms with van der Waals surface area (Å²) in [6.07, 6.45) is -0.0114. The van der Waals surface area contributed by atoms with E-state index in [2.05, 4.69) is 33.9 Å². The van der Waals surface area contributed by atoms with E-state index in [1.54, 1.807) is 6.07 Å². The van der Waals surface area contributed by atoms with Gasteiger partial charge in [0.15, 0.2) is 8.32 Å². The summed E-state index contributed by atoms with van der Waals surface area (Å²) in [4.78, 5) is 37.4. The van der Waals surface area contributed by atoms with Gasteiger partial charge in [0.05, 0.1) is 18.1 Å². The summed E-state index contributed by atoms with van der Waals surface area (Å²) in [5.74, 6) is -1.11. The second kappa shape index (κ2) is 8.00. The Morgan fingerprint density at radius 1 is 1.25 bits per heavy atom. The first kappa shape index (κ1) is 22.0. The summed E-state index contributed by atoms with van der Waals surface area (Å²) >= 11 is 0. The van der Waals surface area contributed by atoms with Gasteiger partial charge in [-0.05, 0) is 24.2 Å². The van der Waals surface area contributed by atoms with Crippen LogP contribution in [0.15, 0.2) is 24.3 Å². The fraction of sp³-hybridized carbons (Fsp3) is 0.579. The predicted octanol–water partition coefficient (Wildman–Crippen LogP) is 3.37. The van der Waals surface area contributed by atoms with Crippen molar-refractivity contribution < 1.29 is 23.7 Å². The Morgan fingerprint density at radius 2 is 1.86 bits per heavy atom. The first-order valence-corrected chi connectivity index (χ1v) is 12.1. The van der Waals surface area contributed by atoms with Crippen molar-refractivity contribution in [3.8, 4) is 0 Å². The van der Waals surface area contributed by atoms with E-state index in [1.807, 2.05) is 0 Å². The van der Waals surface area contributed by atoms with Crippen molar-refractivity contribution in [1.29, 1.82) is 0 Å². The Labute approximate surface area is 166 Å². The minimum atomic E-state index is -2.12. The van der Waals surface area contributed by atoms with Crippen LogP contribution in [0.1, 0.15) is 37.6 Å². The van der Waals surface area contributed by atoms with Crippen LogP contribution in [0.3, 0.4) is 0 Å². The molecule has 28 heavy (non-hydrogen) atoms. The second-order valence-corrected chi connectivity index (χ2v) is 13.3. The van der Waals surface area contributed by atoms with Crippen molar-refractivity contribution in [2.45, 2.75) is 57.5 Å². The zero-order valence-electron chi connectivity index (χ0n) is 17.2. The molecule has 1 heterocycles. The Bertz CT molecular complexity index is 774. The van der Waals surface area contributed by atoms with Crippen molar-refractivity contribution in [3.63, 3.8) is 0 Å². The highest BCUT2D eigenvalue weighted by Gasteiger charge is 2.46. The van der Waals surface area contributed by atoms with Crippen LogP contribution >= 0.6 is 0 Å². The van der Waals surface area contributed by atoms with Gasteiger partial charge in [0.1, 0.15) is 11.6 Å². The molecule has 1 saturated heterocycles. The standard InChI is InChI=1S/C19H28N2O6Si/c1-19(2,3)28(5,6)27-13-11-16(18(23)26-4)20(12-13)17(22)14-9-7-8-10-15(14)21(24)25/h7-10,13,16H,11-12H2,1-6H3/t13-,16-/m1/s1. The summed E-state index contributed by atoms with van der Waals surface area (Å²) in [5.41, 5.74) is -0.334. The van der Waals surface area contributed by atoms with Gasteiger partial charge in [-0.3, -0.25) is 14.9 Å². The molecule has 9 heteroatoms. The first-order valence-electron chi connectivity index (χ1n) is 9.19. The quantitative estimate of drug-likeness (QED) is 0.321. The molecule has 8 nitrogen and oxygen atoms in total. The predicted molar refractivity (Wildman–Crippen MR) is 107 cm³/mol. The van der Waals surface area contributed by atoms with Crippen molar-refractivity contribution in [2.75, 3.05) is 13.7 Å². The number of carbonyl (C=O) groups excluding carboxylic acids is 2. The number of hydrogen-bond acceptors (Lipinski definition) is 6. The Hall–Kier alpha value is -2.26. The molecule has 0 saturated carbocycles. The number of hydrogen-bond donors (Lipinski definition) is 0. The molecule has 1 aromatic rings. The van der Waals surface area contributed by atoms with Gasteiger partial charge in [0.25, 0.3) is 11.6 Å². The summed E-state index contributed by atoms with van der Waals surface area (Å²) in [6, 6.07) is 4.91. The molecule has 2 atom stereocenters. The maximum Gasteiger partial charge on any atom is 0.328 e. The van der Waals surface area contributed by atoms with Gasteiger partial charge in [-0.2, -0.15) is 0 Å². The SMILES string of the molecule is COC(=O)[C@H]1C[C@@H](O[Si](C)(C)C(C)(C)C)CN1C(=O)c1ccccc1[N+](=O)[O-]. The molecule has 0 bridgehead atoms. The van der Waals surface area contributed by atoms with E-state index < -0.39 is 31.2 Å². The smallest absolute Gasteiger partial charge is 0.328 e. The number of ether oxygens (including phenoxy) is 1. The molecule has 0 aromatic heterocycles. The van der Waals surface area contributed by atoms with Gasteiger partial charge in [-0.1, -0.05) is 32.9 Å². The van der Waals surface area contributed by atoms with Crippen LogP contribution in [0.2, 0.25) is 18.1 Å². The molecule has 1 amide bonds. The number of rotatable bonds is 5. The first-order chi connectivity index (χ1) is 12.9. The highest BCUT2D eigenvalue weighted by molar-refractivity contribution is 6.74. The molecule has 0 radical (unpaired) electrons. The number of esters is 1. The van der Waals surface area contributed by atoms with Crippen molar-refractivity contribution >= 4 is 25.9 Å². The minimum absolute atomic E-state index is 0.0244. The lowest BCUT2D eigenvalue weighted by molar-refractivity contribution is -0.385. The van der Waals surface area contributed by atoms with E-state index in [0.717, 1.165) is 0 Å². The molecule has 0 unspecified atom stereocenters. The highest BCUT2D eigenvalue weighted by Crippen LogP contribution is 2.39. The molecule has 0 N–H and O–H groups in total. The monoisotopic (exact) mass is 408 g/mol. The number of para-hydroxylation sites is 1. The number of likely N-dealkylation sites (tertiary alicyclic amines) is 1. The normalized spacial score (nSPS) is 20.1. The molecule has 1 aliphatic rings. The van der Waals surface area contributed by atoms with Gasteiger partial charge in [-0.15, -0.1) is 0 Å². The van der Waals surface area contributed by atoms with Crippen LogP contribution in [-0.2, 0) is 14.0 Å². The highest BCUT2D eigenvalue weighted by atomic mass is 28.4. The van der Waals surface area contributed by atoms with Gasteiger partial charge >= 0.3 is 5.97 Å². The number of nitrogens with zero attached hydrogens (tertiary/aromatic N) is 2. The van der Waals surface area contributed by atoms with Crippen molar-refractivity contribution in [2.24, 2.45) is 0 Å². The number of benzene rings is 1. The third-order valence-corrected chi connectivity index (χ3v) is 10.1. The number of methoxy groups -OCH3 is 1. The van der Waals surface area contributed by atoms with E-state index in [1.165, 1.54) is 30.2 Å². The number of nitro groups is 1. The van der Waals surface area contributed by atoms with Gasteiger partial charge in [0, 0.05) is 19.0 Å². The minimum Gasteiger partial charge on any atom is -0.467 e. The maximum atomic E-state index is 13.1. The van der Waals surface area contributed by atoms with E-state index >= 15 is 0 Å². The summed E-state index contributed by atoms with van der Waals surface area (Å²) in [5, 5.41) is 11.3. The van der Waals surface area contributed by atoms with Crippen molar-refractivity contribution in [1.82, 2.24) is 4.90 Å². The Balaban J connectivity index is 2.33. The fourth-order valence-corrected chi connectivity index (χ4v) is 4.39. The van der Waals surface area contributed by atoms with Crippen LogP contribution < -0.4 is 0 Å². The van der Waals surface area contributed by atoms with Crippen LogP contribution in [0.4, 0.5) is 5.69 Å². The lowest BCUT2D eigenvalue weighted by Gasteiger charge is -2.38. The third-order valence-electron chi connectivity index (χ3n) is 5.60. The summed E-state index contributed by atoms with van der Waals surface area (Å²) in [7, 11) is -0.853. The Kier molecular flexibility index (Phi) is 6.30. The zero-order valence-corrected chi connectivity index (χ0v) is 18.2. The van der Waals surface area contributed by atoms with Crippen LogP contribution in [0, 0.1) is 10.1 Å². The van der Waals surface area contributed by atoms with E-state index in [9.17, 15) is 19.7 Å². The largest absolute Gasteiger partial charge is 0.467 e. The molecule has 0 spiro atoms. The molecule has 0 aliphatic carbocycles. The fourth-order valence-electron chi connectivity index (χ4n) is 3.03. The summed E-state index contributed by atoms with van der Waals surface area (Å²) in [6.45, 7) is 10.7. The lowest BCUT2D eigenvalue weighted by Crippen LogP contribution is -2.45. The number of carbonyl (C=O) groups is 2. The van der Waals surface area contributed by atoms with E-state index in [0.29, 0.717) is 6.42 Å². The van der Waals surface area contributed by atoms with E-state index in [4.69, 9.17) is 9.16 Å². The van der Waals surface area contributed by atoms with Crippen LogP contribution in [0.25, 0.3) is 0 Å². The number of nitro benzene ring substituents is 1. The number of amides is 1. The summed E-state index contributed by atoms with van der Waals surface area (Å²) < 4.78 is 11.2. The molecule has 2 rings (SSSR count). The second-order valence-electron chi connectivity index (χ2n) is 8.51. The van der Waals surface area contributed by atoms with Gasteiger partial charge < -0.3 is 14.1 Å². The topological polar surface area (TPSA) is 99.0 Å². The van der Waals surface area contributed by atoms with Crippen LogP contribution in [0.5, 0.6) is 0 Å².